The van der Waals surface area contributed by atoms with Gasteiger partial charge in [-0.2, -0.15) is 0 Å². The van der Waals surface area contributed by atoms with Crippen molar-refractivity contribution < 1.29 is 14.3 Å². The van der Waals surface area contributed by atoms with E-state index < -0.39 is 0 Å². The number of imidazole rings is 1. The minimum atomic E-state index is -0.248. The number of aromatic nitrogens is 2. The molecule has 0 aliphatic carbocycles. The number of unbranched alkanes of at least 4 members (excludes halogenated alkanes) is 1. The molecule has 1 amide bonds. The summed E-state index contributed by atoms with van der Waals surface area (Å²) in [6.45, 7) is 5.53. The Balaban J connectivity index is 1.33. The molecule has 1 unspecified atom stereocenters. The SMILES string of the molecule is CCc1ccc(OCCCCn2c(C(C)NC(=O)COc3ccccc3)nc3ccccc32)cc1. The molecule has 0 saturated carbocycles. The lowest BCUT2D eigenvalue weighted by Crippen LogP contribution is -2.32. The second kappa shape index (κ2) is 12.1. The molecule has 6 heteroatoms. The third-order valence-corrected chi connectivity index (χ3v) is 5.94. The molecule has 1 aromatic heterocycles. The van der Waals surface area contributed by atoms with Crippen LogP contribution in [0.2, 0.25) is 0 Å². The van der Waals surface area contributed by atoms with Gasteiger partial charge in [-0.15, -0.1) is 0 Å². The molecule has 1 N–H and O–H groups in total. The molecular formula is C29H33N3O3. The smallest absolute Gasteiger partial charge is 0.258 e. The minimum absolute atomic E-state index is 0.0366. The number of hydrogen-bond acceptors (Lipinski definition) is 4. The first kappa shape index (κ1) is 24.3. The predicted octanol–water partition coefficient (Wildman–Crippen LogP) is 5.71. The maximum Gasteiger partial charge on any atom is 0.258 e. The molecule has 0 saturated heterocycles. The highest BCUT2D eigenvalue weighted by Gasteiger charge is 2.18. The number of aryl methyl sites for hydroxylation is 2. The third-order valence-electron chi connectivity index (χ3n) is 5.94. The van der Waals surface area contributed by atoms with Gasteiger partial charge in [0, 0.05) is 6.54 Å². The van der Waals surface area contributed by atoms with Crippen LogP contribution in [0.15, 0.2) is 78.9 Å². The second-order valence-corrected chi connectivity index (χ2v) is 8.55. The predicted molar refractivity (Wildman–Crippen MR) is 139 cm³/mol. The van der Waals surface area contributed by atoms with Gasteiger partial charge in [0.15, 0.2) is 6.61 Å². The zero-order chi connectivity index (χ0) is 24.5. The van der Waals surface area contributed by atoms with Crippen molar-refractivity contribution in [3.8, 4) is 11.5 Å². The molecule has 4 aromatic rings. The average molecular weight is 472 g/mol. The van der Waals surface area contributed by atoms with Crippen LogP contribution in [0.4, 0.5) is 0 Å². The Labute approximate surface area is 206 Å². The van der Waals surface area contributed by atoms with Crippen molar-refractivity contribution in [2.75, 3.05) is 13.2 Å². The summed E-state index contributed by atoms with van der Waals surface area (Å²) in [4.78, 5) is 17.3. The molecule has 0 radical (unpaired) electrons. The number of amides is 1. The number of carbonyl (C=O) groups is 1. The highest BCUT2D eigenvalue weighted by Crippen LogP contribution is 2.22. The lowest BCUT2D eigenvalue weighted by atomic mass is 10.2. The topological polar surface area (TPSA) is 65.4 Å². The lowest BCUT2D eigenvalue weighted by molar-refractivity contribution is -0.123. The van der Waals surface area contributed by atoms with Gasteiger partial charge in [0.25, 0.3) is 5.91 Å². The Bertz CT molecular complexity index is 1220. The summed E-state index contributed by atoms with van der Waals surface area (Å²) in [5, 5.41) is 3.03. The molecule has 3 aromatic carbocycles. The van der Waals surface area contributed by atoms with Crippen molar-refractivity contribution in [2.24, 2.45) is 0 Å². The van der Waals surface area contributed by atoms with E-state index in [9.17, 15) is 4.79 Å². The van der Waals surface area contributed by atoms with Gasteiger partial charge in [-0.05, 0) is 68.1 Å². The van der Waals surface area contributed by atoms with Crippen LogP contribution in [0.3, 0.4) is 0 Å². The molecule has 182 valence electrons. The van der Waals surface area contributed by atoms with Crippen molar-refractivity contribution >= 4 is 16.9 Å². The lowest BCUT2D eigenvalue weighted by Gasteiger charge is -2.17. The van der Waals surface area contributed by atoms with E-state index in [1.165, 1.54) is 5.56 Å². The van der Waals surface area contributed by atoms with Crippen molar-refractivity contribution in [1.82, 2.24) is 14.9 Å². The first-order valence-corrected chi connectivity index (χ1v) is 12.3. The van der Waals surface area contributed by atoms with Crippen LogP contribution in [-0.4, -0.2) is 28.7 Å². The number of fused-ring (bicyclic) bond motifs is 1. The number of nitrogens with one attached hydrogen (secondary N) is 1. The van der Waals surface area contributed by atoms with Crippen LogP contribution in [-0.2, 0) is 17.8 Å². The summed E-state index contributed by atoms with van der Waals surface area (Å²) in [6, 6.07) is 25.5. The maximum absolute atomic E-state index is 12.5. The molecule has 1 atom stereocenters. The van der Waals surface area contributed by atoms with Crippen molar-refractivity contribution in [3.63, 3.8) is 0 Å². The van der Waals surface area contributed by atoms with E-state index in [0.29, 0.717) is 12.4 Å². The largest absolute Gasteiger partial charge is 0.494 e. The van der Waals surface area contributed by atoms with Crippen molar-refractivity contribution in [3.05, 3.63) is 90.3 Å². The van der Waals surface area contributed by atoms with Crippen LogP contribution in [0.5, 0.6) is 11.5 Å². The van der Waals surface area contributed by atoms with Gasteiger partial charge in [-0.25, -0.2) is 4.98 Å². The quantitative estimate of drug-likeness (QED) is 0.269. The number of para-hydroxylation sites is 3. The molecule has 0 fully saturated rings. The van der Waals surface area contributed by atoms with Crippen LogP contribution in [0.25, 0.3) is 11.0 Å². The summed E-state index contributed by atoms with van der Waals surface area (Å²) in [6.07, 6.45) is 2.89. The fourth-order valence-electron chi connectivity index (χ4n) is 4.06. The number of carbonyl (C=O) groups excluding carboxylic acids is 1. The molecule has 35 heavy (non-hydrogen) atoms. The van der Waals surface area contributed by atoms with E-state index in [-0.39, 0.29) is 18.6 Å². The van der Waals surface area contributed by atoms with Crippen molar-refractivity contribution in [1.29, 1.82) is 0 Å². The van der Waals surface area contributed by atoms with Gasteiger partial charge in [0.2, 0.25) is 0 Å². The number of ether oxygens (including phenoxy) is 2. The van der Waals surface area contributed by atoms with Crippen LogP contribution in [0.1, 0.15) is 44.1 Å². The van der Waals surface area contributed by atoms with E-state index in [2.05, 4.69) is 35.0 Å². The van der Waals surface area contributed by atoms with E-state index in [4.69, 9.17) is 14.5 Å². The number of rotatable bonds is 12. The summed E-state index contributed by atoms with van der Waals surface area (Å²) >= 11 is 0. The summed E-state index contributed by atoms with van der Waals surface area (Å²) in [5.74, 6) is 2.24. The third kappa shape index (κ3) is 6.63. The molecule has 6 nitrogen and oxygen atoms in total. The Hall–Kier alpha value is -3.80. The Kier molecular flexibility index (Phi) is 8.39. The maximum atomic E-state index is 12.5. The van der Waals surface area contributed by atoms with Gasteiger partial charge in [0.05, 0.1) is 23.7 Å². The molecule has 0 aliphatic rings. The monoisotopic (exact) mass is 471 g/mol. The van der Waals surface area contributed by atoms with E-state index in [0.717, 1.165) is 48.4 Å². The first-order valence-electron chi connectivity index (χ1n) is 12.3. The van der Waals surface area contributed by atoms with E-state index in [1.54, 1.807) is 0 Å². The van der Waals surface area contributed by atoms with E-state index >= 15 is 0 Å². The molecule has 1 heterocycles. The fourth-order valence-corrected chi connectivity index (χ4v) is 4.06. The molecule has 0 aliphatic heterocycles. The fraction of sp³-hybridized carbons (Fsp3) is 0.310. The molecule has 0 bridgehead atoms. The number of hydrogen-bond donors (Lipinski definition) is 1. The van der Waals surface area contributed by atoms with Gasteiger partial charge < -0.3 is 19.4 Å². The van der Waals surface area contributed by atoms with Crippen LogP contribution < -0.4 is 14.8 Å². The molecule has 0 spiro atoms. The highest BCUT2D eigenvalue weighted by atomic mass is 16.5. The van der Waals surface area contributed by atoms with Crippen molar-refractivity contribution in [2.45, 2.75) is 45.7 Å². The number of benzene rings is 3. The highest BCUT2D eigenvalue weighted by molar-refractivity contribution is 5.79. The Morgan fingerprint density at radius 3 is 2.40 bits per heavy atom. The zero-order valence-corrected chi connectivity index (χ0v) is 20.4. The average Bonchev–Trinajstić information content (AvgIpc) is 3.27. The zero-order valence-electron chi connectivity index (χ0n) is 20.4. The molecular weight excluding hydrogens is 438 g/mol. The van der Waals surface area contributed by atoms with Gasteiger partial charge >= 0.3 is 0 Å². The molecule has 4 rings (SSSR count). The minimum Gasteiger partial charge on any atom is -0.494 e. The van der Waals surface area contributed by atoms with Crippen LogP contribution >= 0.6 is 0 Å². The standard InChI is InChI=1S/C29H33N3O3/c1-3-23-15-17-25(18-16-23)34-20-10-9-19-32-27-14-8-7-13-26(27)31-29(32)22(2)30-28(33)21-35-24-11-5-4-6-12-24/h4-8,11-18,22H,3,9-10,19-21H2,1-2H3,(H,30,33). The van der Waals surface area contributed by atoms with E-state index in [1.807, 2.05) is 67.6 Å². The Morgan fingerprint density at radius 1 is 0.914 bits per heavy atom. The number of nitrogens with zero attached hydrogens (tertiary/aromatic N) is 2. The van der Waals surface area contributed by atoms with Gasteiger partial charge in [-0.3, -0.25) is 4.79 Å². The summed E-state index contributed by atoms with van der Waals surface area (Å²) in [5.41, 5.74) is 3.31. The van der Waals surface area contributed by atoms with Crippen LogP contribution in [0, 0.1) is 0 Å². The second-order valence-electron chi connectivity index (χ2n) is 8.55. The van der Waals surface area contributed by atoms with Gasteiger partial charge in [0.1, 0.15) is 17.3 Å². The summed E-state index contributed by atoms with van der Waals surface area (Å²) < 4.78 is 13.7. The Morgan fingerprint density at radius 2 is 1.63 bits per heavy atom. The van der Waals surface area contributed by atoms with Gasteiger partial charge in [-0.1, -0.05) is 49.4 Å². The normalized spacial score (nSPS) is 11.8. The first-order chi connectivity index (χ1) is 17.1. The summed E-state index contributed by atoms with van der Waals surface area (Å²) in [7, 11) is 0.